The Balaban J connectivity index is 2.37. The second-order valence-corrected chi connectivity index (χ2v) is 7.63. The van der Waals surface area contributed by atoms with Crippen molar-refractivity contribution in [3.8, 4) is 0 Å². The van der Waals surface area contributed by atoms with Crippen LogP contribution in [0.3, 0.4) is 0 Å². The van der Waals surface area contributed by atoms with Crippen LogP contribution in [0.2, 0.25) is 0 Å². The fraction of sp³-hybridized carbons (Fsp3) is 0.652. The molecule has 0 amide bonds. The van der Waals surface area contributed by atoms with Crippen molar-refractivity contribution in [2.75, 3.05) is 0 Å². The van der Waals surface area contributed by atoms with Crippen molar-refractivity contribution < 1.29 is 0 Å². The zero-order valence-corrected chi connectivity index (χ0v) is 16.3. The maximum atomic E-state index is 4.38. The number of hydrogen-bond acceptors (Lipinski definition) is 1. The molecular weight excluding hydrogens is 290 g/mol. The summed E-state index contributed by atoms with van der Waals surface area (Å²) in [6, 6.07) is 0.496. The lowest BCUT2D eigenvalue weighted by Gasteiger charge is -2.36. The molecule has 0 aromatic rings. The van der Waals surface area contributed by atoms with Crippen LogP contribution in [-0.2, 0) is 0 Å². The van der Waals surface area contributed by atoms with Crippen molar-refractivity contribution in [1.82, 2.24) is 5.32 Å². The average molecular weight is 330 g/mol. The molecule has 2 unspecified atom stereocenters. The van der Waals surface area contributed by atoms with Crippen LogP contribution in [-0.4, -0.2) is 6.04 Å². The van der Waals surface area contributed by atoms with Gasteiger partial charge >= 0.3 is 0 Å². The van der Waals surface area contributed by atoms with Gasteiger partial charge in [-0.15, -0.1) is 0 Å². The Morgan fingerprint density at radius 1 is 1.08 bits per heavy atom. The van der Waals surface area contributed by atoms with Gasteiger partial charge in [0.25, 0.3) is 0 Å². The third-order valence-electron chi connectivity index (χ3n) is 5.82. The highest BCUT2D eigenvalue weighted by Crippen LogP contribution is 2.38. The van der Waals surface area contributed by atoms with E-state index in [4.69, 9.17) is 0 Å². The van der Waals surface area contributed by atoms with Gasteiger partial charge in [-0.1, -0.05) is 64.2 Å². The highest BCUT2D eigenvalue weighted by molar-refractivity contribution is 5.17. The summed E-state index contributed by atoms with van der Waals surface area (Å²) < 4.78 is 0. The van der Waals surface area contributed by atoms with Crippen molar-refractivity contribution >= 4 is 0 Å². The summed E-state index contributed by atoms with van der Waals surface area (Å²) in [5.74, 6) is 2.29. The summed E-state index contributed by atoms with van der Waals surface area (Å²) in [5, 5.41) is 3.54. The zero-order valence-electron chi connectivity index (χ0n) is 16.3. The Labute approximate surface area is 151 Å². The molecule has 1 rings (SSSR count). The Bertz CT molecular complexity index is 423. The van der Waals surface area contributed by atoms with Crippen LogP contribution in [0.15, 0.2) is 49.2 Å². The molecule has 24 heavy (non-hydrogen) atoms. The second kappa shape index (κ2) is 11.3. The van der Waals surface area contributed by atoms with E-state index in [0.29, 0.717) is 12.0 Å². The zero-order chi connectivity index (χ0) is 17.9. The first kappa shape index (κ1) is 20.8. The fourth-order valence-electron chi connectivity index (χ4n) is 3.95. The summed E-state index contributed by atoms with van der Waals surface area (Å²) in [6.45, 7) is 19.1. The molecule has 0 saturated heterocycles. The van der Waals surface area contributed by atoms with Crippen molar-refractivity contribution in [2.45, 2.75) is 78.2 Å². The lowest BCUT2D eigenvalue weighted by molar-refractivity contribution is 0.203. The van der Waals surface area contributed by atoms with Gasteiger partial charge in [0.05, 0.1) is 0 Å². The summed E-state index contributed by atoms with van der Waals surface area (Å²) in [6.07, 6.45) is 16.2. The van der Waals surface area contributed by atoms with Gasteiger partial charge < -0.3 is 5.32 Å². The topological polar surface area (TPSA) is 12.0 Å². The Morgan fingerprint density at radius 2 is 1.71 bits per heavy atom. The molecule has 1 heteroatoms. The van der Waals surface area contributed by atoms with Crippen LogP contribution in [0.1, 0.15) is 72.1 Å². The van der Waals surface area contributed by atoms with Gasteiger partial charge in [-0.3, -0.25) is 0 Å². The van der Waals surface area contributed by atoms with Gasteiger partial charge in [-0.05, 0) is 69.3 Å². The summed E-state index contributed by atoms with van der Waals surface area (Å²) in [5.41, 5.74) is 2.48. The first-order valence-electron chi connectivity index (χ1n) is 9.91. The number of nitrogens with one attached hydrogen (secondary N) is 1. The Morgan fingerprint density at radius 3 is 2.29 bits per heavy atom. The molecule has 0 aromatic heterocycles. The maximum absolute atomic E-state index is 4.38. The molecule has 1 aliphatic rings. The summed E-state index contributed by atoms with van der Waals surface area (Å²) >= 11 is 0. The molecule has 0 radical (unpaired) electrons. The SMILES string of the molecule is C=C/C=C\C(=C)NC(C)C1CCC(C(C)C(=C)CCCCC)CC1. The Hall–Kier alpha value is -1.24. The monoisotopic (exact) mass is 329 g/mol. The van der Waals surface area contributed by atoms with E-state index < -0.39 is 0 Å². The van der Waals surface area contributed by atoms with E-state index in [0.717, 1.165) is 17.5 Å². The van der Waals surface area contributed by atoms with E-state index in [2.05, 4.69) is 45.8 Å². The Kier molecular flexibility index (Phi) is 9.83. The van der Waals surface area contributed by atoms with Crippen LogP contribution in [0.25, 0.3) is 0 Å². The third-order valence-corrected chi connectivity index (χ3v) is 5.82. The molecule has 136 valence electrons. The van der Waals surface area contributed by atoms with Gasteiger partial charge in [0.2, 0.25) is 0 Å². The van der Waals surface area contributed by atoms with Crippen LogP contribution in [0, 0.1) is 17.8 Å². The summed E-state index contributed by atoms with van der Waals surface area (Å²) in [7, 11) is 0. The van der Waals surface area contributed by atoms with Crippen molar-refractivity contribution in [1.29, 1.82) is 0 Å². The molecule has 0 bridgehead atoms. The van der Waals surface area contributed by atoms with E-state index in [1.54, 1.807) is 6.08 Å². The maximum Gasteiger partial charge on any atom is 0.0269 e. The van der Waals surface area contributed by atoms with Crippen LogP contribution < -0.4 is 5.32 Å². The predicted molar refractivity (Wildman–Crippen MR) is 109 cm³/mol. The highest BCUT2D eigenvalue weighted by atomic mass is 14.9. The fourth-order valence-corrected chi connectivity index (χ4v) is 3.95. The molecule has 1 N–H and O–H groups in total. The van der Waals surface area contributed by atoms with Crippen molar-refractivity contribution in [2.24, 2.45) is 17.8 Å². The third kappa shape index (κ3) is 7.11. The van der Waals surface area contributed by atoms with E-state index in [-0.39, 0.29) is 0 Å². The standard InChI is InChI=1S/C23H39N/c1-7-9-11-12-18(3)20(5)22-14-16-23(17-15-22)21(6)24-19(4)13-10-8-2/h8,10,13,20-24H,2-4,7,9,11-12,14-17H2,1,5-6H3/b13-10-. The summed E-state index contributed by atoms with van der Waals surface area (Å²) in [4.78, 5) is 0. The van der Waals surface area contributed by atoms with Gasteiger partial charge in [0.15, 0.2) is 0 Å². The van der Waals surface area contributed by atoms with Crippen LogP contribution in [0.5, 0.6) is 0 Å². The van der Waals surface area contributed by atoms with Gasteiger partial charge in [0.1, 0.15) is 0 Å². The van der Waals surface area contributed by atoms with Gasteiger partial charge in [0, 0.05) is 11.7 Å². The van der Waals surface area contributed by atoms with E-state index >= 15 is 0 Å². The molecule has 1 nitrogen and oxygen atoms in total. The van der Waals surface area contributed by atoms with Crippen LogP contribution in [0.4, 0.5) is 0 Å². The number of hydrogen-bond donors (Lipinski definition) is 1. The molecule has 2 atom stereocenters. The van der Waals surface area contributed by atoms with E-state index in [1.165, 1.54) is 56.9 Å². The number of unbranched alkanes of at least 4 members (excludes halogenated alkanes) is 2. The number of allylic oxidation sites excluding steroid dienone is 4. The van der Waals surface area contributed by atoms with E-state index in [1.807, 2.05) is 12.2 Å². The first-order chi connectivity index (χ1) is 11.5. The minimum Gasteiger partial charge on any atom is -0.383 e. The minimum atomic E-state index is 0.496. The first-order valence-corrected chi connectivity index (χ1v) is 9.91. The molecule has 1 fully saturated rings. The van der Waals surface area contributed by atoms with E-state index in [9.17, 15) is 0 Å². The lowest BCUT2D eigenvalue weighted by Crippen LogP contribution is -2.35. The molecule has 0 aliphatic heterocycles. The molecule has 0 aromatic carbocycles. The minimum absolute atomic E-state index is 0.496. The molecule has 0 spiro atoms. The van der Waals surface area contributed by atoms with Gasteiger partial charge in [-0.25, -0.2) is 0 Å². The van der Waals surface area contributed by atoms with Gasteiger partial charge in [-0.2, -0.15) is 0 Å². The largest absolute Gasteiger partial charge is 0.383 e. The van der Waals surface area contributed by atoms with Crippen molar-refractivity contribution in [3.63, 3.8) is 0 Å². The normalized spacial score (nSPS) is 23.6. The smallest absolute Gasteiger partial charge is 0.0269 e. The molecule has 1 saturated carbocycles. The lowest BCUT2D eigenvalue weighted by atomic mass is 9.72. The molecule has 0 heterocycles. The predicted octanol–water partition coefficient (Wildman–Crippen LogP) is 6.80. The average Bonchev–Trinajstić information content (AvgIpc) is 2.59. The van der Waals surface area contributed by atoms with Crippen molar-refractivity contribution in [3.05, 3.63) is 49.2 Å². The molecule has 1 aliphatic carbocycles. The van der Waals surface area contributed by atoms with Crippen LogP contribution >= 0.6 is 0 Å². The quantitative estimate of drug-likeness (QED) is 0.250. The highest BCUT2D eigenvalue weighted by Gasteiger charge is 2.28. The molecular formula is C23H39N. The number of rotatable bonds is 11. The second-order valence-electron chi connectivity index (χ2n) is 7.63.